The predicted octanol–water partition coefficient (Wildman–Crippen LogP) is 1.72. The standard InChI is InChI=1S/C13H19F3N4O/c1-17-12(20-9-11-5-2-3-6-18-11)19-7-4-8-21-10-13(14,15)16/h2-3,5-6H,4,7-10H2,1H3,(H2,17,19,20). The van der Waals surface area contributed by atoms with Crippen molar-refractivity contribution in [2.75, 3.05) is 26.8 Å². The van der Waals surface area contributed by atoms with Gasteiger partial charge in [0.15, 0.2) is 5.96 Å². The van der Waals surface area contributed by atoms with E-state index in [1.807, 2.05) is 18.2 Å². The Kier molecular flexibility index (Phi) is 7.52. The van der Waals surface area contributed by atoms with E-state index in [2.05, 4.69) is 25.3 Å². The van der Waals surface area contributed by atoms with E-state index in [-0.39, 0.29) is 6.61 Å². The van der Waals surface area contributed by atoms with E-state index in [9.17, 15) is 13.2 Å². The summed E-state index contributed by atoms with van der Waals surface area (Å²) in [7, 11) is 1.62. The van der Waals surface area contributed by atoms with Crippen LogP contribution in [-0.4, -0.2) is 43.9 Å². The van der Waals surface area contributed by atoms with Crippen molar-refractivity contribution in [3.63, 3.8) is 0 Å². The molecule has 1 heterocycles. The van der Waals surface area contributed by atoms with Crippen LogP contribution in [-0.2, 0) is 11.3 Å². The molecule has 1 rings (SSSR count). The first-order chi connectivity index (χ1) is 10.0. The predicted molar refractivity (Wildman–Crippen MR) is 73.9 cm³/mol. The summed E-state index contributed by atoms with van der Waals surface area (Å²) < 4.78 is 40.0. The van der Waals surface area contributed by atoms with Crippen LogP contribution in [0.5, 0.6) is 0 Å². The number of halogens is 3. The number of hydrogen-bond donors (Lipinski definition) is 2. The molecular weight excluding hydrogens is 285 g/mol. The molecule has 0 spiro atoms. The van der Waals surface area contributed by atoms with Crippen molar-refractivity contribution in [2.24, 2.45) is 4.99 Å². The van der Waals surface area contributed by atoms with Crippen molar-refractivity contribution in [3.05, 3.63) is 30.1 Å². The van der Waals surface area contributed by atoms with Crippen LogP contribution in [0.2, 0.25) is 0 Å². The highest BCUT2D eigenvalue weighted by Gasteiger charge is 2.27. The minimum Gasteiger partial charge on any atom is -0.372 e. The number of nitrogens with one attached hydrogen (secondary N) is 2. The van der Waals surface area contributed by atoms with E-state index < -0.39 is 12.8 Å². The molecule has 2 N–H and O–H groups in total. The van der Waals surface area contributed by atoms with Gasteiger partial charge in [0.1, 0.15) is 6.61 Å². The first-order valence-corrected chi connectivity index (χ1v) is 6.50. The Morgan fingerprint density at radius 3 is 2.76 bits per heavy atom. The summed E-state index contributed by atoms with van der Waals surface area (Å²) >= 11 is 0. The number of aromatic nitrogens is 1. The van der Waals surface area contributed by atoms with Crippen LogP contribution in [0.25, 0.3) is 0 Å². The third-order valence-corrected chi connectivity index (χ3v) is 2.41. The van der Waals surface area contributed by atoms with Crippen molar-refractivity contribution in [1.29, 1.82) is 0 Å². The number of pyridine rings is 1. The molecular formula is C13H19F3N4O. The van der Waals surface area contributed by atoms with Crippen molar-refractivity contribution in [2.45, 2.75) is 19.1 Å². The maximum atomic E-state index is 11.8. The molecule has 118 valence electrons. The largest absolute Gasteiger partial charge is 0.411 e. The Labute approximate surface area is 121 Å². The highest BCUT2D eigenvalue weighted by Crippen LogP contribution is 2.14. The summed E-state index contributed by atoms with van der Waals surface area (Å²) in [6.45, 7) is -0.172. The van der Waals surface area contributed by atoms with E-state index in [1.54, 1.807) is 13.2 Å². The molecule has 0 saturated heterocycles. The average Bonchev–Trinajstić information content (AvgIpc) is 2.45. The molecule has 0 aromatic carbocycles. The summed E-state index contributed by atoms with van der Waals surface area (Å²) in [4.78, 5) is 8.16. The summed E-state index contributed by atoms with van der Waals surface area (Å²) in [5, 5.41) is 6.04. The normalized spacial score (nSPS) is 12.3. The first kappa shape index (κ1) is 17.2. The highest BCUT2D eigenvalue weighted by molar-refractivity contribution is 5.79. The number of hydrogen-bond acceptors (Lipinski definition) is 3. The van der Waals surface area contributed by atoms with E-state index in [1.165, 1.54) is 0 Å². The SMILES string of the molecule is CN=C(NCCCOCC(F)(F)F)NCc1ccccn1. The number of ether oxygens (including phenoxy) is 1. The van der Waals surface area contributed by atoms with Gasteiger partial charge in [-0.25, -0.2) is 0 Å². The van der Waals surface area contributed by atoms with Gasteiger partial charge in [-0.2, -0.15) is 13.2 Å². The molecule has 0 bridgehead atoms. The lowest BCUT2D eigenvalue weighted by molar-refractivity contribution is -0.173. The zero-order valence-corrected chi connectivity index (χ0v) is 11.8. The Bertz CT molecular complexity index is 423. The molecule has 5 nitrogen and oxygen atoms in total. The van der Waals surface area contributed by atoms with Gasteiger partial charge in [0, 0.05) is 26.4 Å². The number of rotatable bonds is 7. The Hall–Kier alpha value is -1.83. The fraction of sp³-hybridized carbons (Fsp3) is 0.538. The van der Waals surface area contributed by atoms with Gasteiger partial charge in [-0.3, -0.25) is 9.98 Å². The van der Waals surface area contributed by atoms with Crippen LogP contribution in [0.4, 0.5) is 13.2 Å². The highest BCUT2D eigenvalue weighted by atomic mass is 19.4. The van der Waals surface area contributed by atoms with Gasteiger partial charge < -0.3 is 15.4 Å². The van der Waals surface area contributed by atoms with Crippen molar-refractivity contribution in [1.82, 2.24) is 15.6 Å². The van der Waals surface area contributed by atoms with Crippen molar-refractivity contribution >= 4 is 5.96 Å². The summed E-state index contributed by atoms with van der Waals surface area (Å²) in [6.07, 6.45) is -2.11. The number of nitrogens with zero attached hydrogens (tertiary/aromatic N) is 2. The fourth-order valence-corrected chi connectivity index (χ4v) is 1.47. The molecule has 0 amide bonds. The lowest BCUT2D eigenvalue weighted by Crippen LogP contribution is -2.37. The molecule has 0 radical (unpaired) electrons. The molecule has 0 aliphatic rings. The number of guanidine groups is 1. The number of aliphatic imine (C=N–C) groups is 1. The number of alkyl halides is 3. The quantitative estimate of drug-likeness (QED) is 0.457. The Balaban J connectivity index is 2.12. The second-order valence-corrected chi connectivity index (χ2v) is 4.19. The maximum absolute atomic E-state index is 11.8. The third kappa shape index (κ3) is 8.85. The van der Waals surface area contributed by atoms with Gasteiger partial charge in [0.05, 0.1) is 12.2 Å². The van der Waals surface area contributed by atoms with Gasteiger partial charge in [0.2, 0.25) is 0 Å². The van der Waals surface area contributed by atoms with Crippen LogP contribution in [0.1, 0.15) is 12.1 Å². The van der Waals surface area contributed by atoms with Gasteiger partial charge in [-0.1, -0.05) is 6.07 Å². The molecule has 0 aliphatic heterocycles. The van der Waals surface area contributed by atoms with Gasteiger partial charge in [-0.05, 0) is 18.6 Å². The first-order valence-electron chi connectivity index (χ1n) is 6.50. The molecule has 0 saturated carbocycles. The fourth-order valence-electron chi connectivity index (χ4n) is 1.47. The smallest absolute Gasteiger partial charge is 0.372 e. The second-order valence-electron chi connectivity index (χ2n) is 4.19. The monoisotopic (exact) mass is 304 g/mol. The van der Waals surface area contributed by atoms with E-state index in [0.29, 0.717) is 25.5 Å². The topological polar surface area (TPSA) is 58.5 Å². The molecule has 1 aromatic heterocycles. The summed E-state index contributed by atoms with van der Waals surface area (Å²) in [5.74, 6) is 0.566. The average molecular weight is 304 g/mol. The molecule has 0 fully saturated rings. The molecule has 8 heteroatoms. The van der Waals surface area contributed by atoms with Gasteiger partial charge >= 0.3 is 6.18 Å². The van der Waals surface area contributed by atoms with Crippen LogP contribution in [0.15, 0.2) is 29.4 Å². The van der Waals surface area contributed by atoms with E-state index in [0.717, 1.165) is 5.69 Å². The zero-order valence-electron chi connectivity index (χ0n) is 11.8. The van der Waals surface area contributed by atoms with Gasteiger partial charge in [-0.15, -0.1) is 0 Å². The van der Waals surface area contributed by atoms with Crippen LogP contribution in [0.3, 0.4) is 0 Å². The molecule has 21 heavy (non-hydrogen) atoms. The second kappa shape index (κ2) is 9.17. The molecule has 0 unspecified atom stereocenters. The molecule has 0 aliphatic carbocycles. The maximum Gasteiger partial charge on any atom is 0.411 e. The van der Waals surface area contributed by atoms with Crippen LogP contribution in [0, 0.1) is 0 Å². The minimum atomic E-state index is -4.27. The lowest BCUT2D eigenvalue weighted by Gasteiger charge is -2.12. The summed E-state index contributed by atoms with van der Waals surface area (Å²) in [5.41, 5.74) is 0.869. The minimum absolute atomic E-state index is 0.0454. The third-order valence-electron chi connectivity index (χ3n) is 2.41. The van der Waals surface area contributed by atoms with Gasteiger partial charge in [0.25, 0.3) is 0 Å². The van der Waals surface area contributed by atoms with Crippen molar-refractivity contribution in [3.8, 4) is 0 Å². The van der Waals surface area contributed by atoms with Crippen LogP contribution < -0.4 is 10.6 Å². The zero-order chi connectivity index (χ0) is 15.6. The van der Waals surface area contributed by atoms with Crippen LogP contribution >= 0.6 is 0 Å². The Morgan fingerprint density at radius 2 is 2.14 bits per heavy atom. The molecule has 0 atom stereocenters. The Morgan fingerprint density at radius 1 is 1.33 bits per heavy atom. The molecule has 1 aromatic rings. The summed E-state index contributed by atoms with van der Waals surface area (Å²) in [6, 6.07) is 5.60. The van der Waals surface area contributed by atoms with Crippen molar-refractivity contribution < 1.29 is 17.9 Å². The van der Waals surface area contributed by atoms with E-state index >= 15 is 0 Å². The van der Waals surface area contributed by atoms with E-state index in [4.69, 9.17) is 0 Å². The lowest BCUT2D eigenvalue weighted by atomic mass is 10.3.